The summed E-state index contributed by atoms with van der Waals surface area (Å²) in [4.78, 5) is 18.7. The summed E-state index contributed by atoms with van der Waals surface area (Å²) in [5, 5.41) is 3.87. The lowest BCUT2D eigenvalue weighted by Crippen LogP contribution is -2.52. The van der Waals surface area contributed by atoms with Gasteiger partial charge in [-0.25, -0.2) is 4.98 Å². The van der Waals surface area contributed by atoms with Crippen LogP contribution in [-0.2, 0) is 6.42 Å². The van der Waals surface area contributed by atoms with E-state index in [9.17, 15) is 0 Å². The van der Waals surface area contributed by atoms with Gasteiger partial charge in [-0.15, -0.1) is 0 Å². The number of piperazine rings is 1. The first-order valence-corrected chi connectivity index (χ1v) is 14.2. The average Bonchev–Trinajstić information content (AvgIpc) is 3.46. The number of methoxy groups -OCH3 is 1. The quantitative estimate of drug-likeness (QED) is 0.466. The molecule has 3 aliphatic rings. The third-order valence-corrected chi connectivity index (χ3v) is 8.60. The van der Waals surface area contributed by atoms with E-state index in [0.29, 0.717) is 17.0 Å². The van der Waals surface area contributed by atoms with E-state index in [1.807, 2.05) is 4.90 Å². The number of aromatic nitrogens is 2. The first-order valence-electron chi connectivity index (χ1n) is 13.8. The lowest BCUT2D eigenvalue weighted by molar-refractivity contribution is 0.0982. The number of nitrogens with two attached hydrogens (primary N) is 1. The van der Waals surface area contributed by atoms with Crippen LogP contribution >= 0.6 is 11.6 Å². The first-order chi connectivity index (χ1) is 19.0. The Labute approximate surface area is 235 Å². The zero-order valence-corrected chi connectivity index (χ0v) is 23.5. The van der Waals surface area contributed by atoms with E-state index in [0.717, 1.165) is 48.9 Å². The van der Waals surface area contributed by atoms with Crippen LogP contribution < -0.4 is 25.6 Å². The van der Waals surface area contributed by atoms with Crippen LogP contribution in [0.3, 0.4) is 0 Å². The number of piperidine rings is 1. The number of para-hydroxylation sites is 1. The Morgan fingerprint density at radius 3 is 2.59 bits per heavy atom. The van der Waals surface area contributed by atoms with Crippen molar-refractivity contribution in [1.82, 2.24) is 19.8 Å². The summed E-state index contributed by atoms with van der Waals surface area (Å²) in [6.45, 7) is 7.65. The molecule has 0 unspecified atom stereocenters. The van der Waals surface area contributed by atoms with Crippen LogP contribution in [0.1, 0.15) is 18.4 Å². The molecule has 3 N–H and O–H groups in total. The monoisotopic (exact) mass is 548 g/mol. The van der Waals surface area contributed by atoms with Gasteiger partial charge in [0.1, 0.15) is 16.6 Å². The molecule has 2 aromatic carbocycles. The second kappa shape index (κ2) is 11.1. The smallest absolute Gasteiger partial charge is 0.236 e. The topological polar surface area (TPSA) is 86.0 Å². The van der Waals surface area contributed by atoms with Crippen molar-refractivity contribution in [1.29, 1.82) is 0 Å². The second-order valence-corrected chi connectivity index (χ2v) is 11.0. The van der Waals surface area contributed by atoms with Crippen molar-refractivity contribution in [2.45, 2.75) is 25.3 Å². The maximum atomic E-state index is 6.19. The number of hydrogen-bond acceptors (Lipinski definition) is 9. The van der Waals surface area contributed by atoms with Crippen molar-refractivity contribution in [2.24, 2.45) is 0 Å². The number of ether oxygens (including phenoxy) is 1. The summed E-state index contributed by atoms with van der Waals surface area (Å²) < 4.78 is 5.99. The first kappa shape index (κ1) is 26.0. The Kier molecular flexibility index (Phi) is 7.38. The van der Waals surface area contributed by atoms with Crippen LogP contribution in [0.15, 0.2) is 42.6 Å². The summed E-state index contributed by atoms with van der Waals surface area (Å²) in [7, 11) is 3.93. The van der Waals surface area contributed by atoms with Crippen molar-refractivity contribution in [2.75, 3.05) is 80.8 Å². The van der Waals surface area contributed by atoms with Gasteiger partial charge in [0.25, 0.3) is 0 Å². The van der Waals surface area contributed by atoms with Gasteiger partial charge in [0, 0.05) is 63.6 Å². The maximum Gasteiger partial charge on any atom is 0.236 e. The van der Waals surface area contributed by atoms with Crippen molar-refractivity contribution in [3.8, 4) is 5.75 Å². The van der Waals surface area contributed by atoms with Crippen molar-refractivity contribution >= 4 is 46.1 Å². The summed E-state index contributed by atoms with van der Waals surface area (Å²) >= 11 is 6.19. The predicted octanol–water partition coefficient (Wildman–Crippen LogP) is 4.37. The lowest BCUT2D eigenvalue weighted by atomic mass is 10.0. The number of halogens is 1. The van der Waals surface area contributed by atoms with Crippen molar-refractivity contribution in [3.05, 3.63) is 53.2 Å². The number of anilines is 6. The number of nitrogen functional groups attached to an aromatic ring is 1. The molecule has 2 fully saturated rings. The summed E-state index contributed by atoms with van der Waals surface area (Å²) in [5.41, 5.74) is 11.4. The normalized spacial score (nSPS) is 18.6. The molecule has 3 aliphatic heterocycles. The average molecular weight is 549 g/mol. The van der Waals surface area contributed by atoms with Crippen molar-refractivity contribution in [3.63, 3.8) is 0 Å². The molecule has 0 bridgehead atoms. The molecule has 206 valence electrons. The van der Waals surface area contributed by atoms with Crippen LogP contribution in [0, 0.1) is 0 Å². The molecular formula is C29H37ClN8O. The van der Waals surface area contributed by atoms with Gasteiger partial charge in [0.2, 0.25) is 5.95 Å². The minimum absolute atomic E-state index is 0.242. The van der Waals surface area contributed by atoms with E-state index >= 15 is 0 Å². The van der Waals surface area contributed by atoms with E-state index in [1.165, 1.54) is 50.3 Å². The summed E-state index contributed by atoms with van der Waals surface area (Å²) in [5.74, 6) is 1.44. The number of rotatable bonds is 6. The van der Waals surface area contributed by atoms with Crippen LogP contribution in [0.25, 0.3) is 0 Å². The van der Waals surface area contributed by atoms with Gasteiger partial charge in [-0.2, -0.15) is 4.98 Å². The maximum absolute atomic E-state index is 6.19. The van der Waals surface area contributed by atoms with Crippen LogP contribution in [-0.4, -0.2) is 85.8 Å². The van der Waals surface area contributed by atoms with Gasteiger partial charge < -0.3 is 25.6 Å². The molecule has 0 radical (unpaired) electrons. The molecular weight excluding hydrogens is 512 g/mol. The molecule has 10 heteroatoms. The van der Waals surface area contributed by atoms with E-state index in [4.69, 9.17) is 22.1 Å². The van der Waals surface area contributed by atoms with Crippen molar-refractivity contribution < 1.29 is 4.74 Å². The Morgan fingerprint density at radius 2 is 1.85 bits per heavy atom. The van der Waals surface area contributed by atoms with Crippen LogP contribution in [0.4, 0.5) is 34.5 Å². The fourth-order valence-electron chi connectivity index (χ4n) is 6.06. The fourth-order valence-corrected chi connectivity index (χ4v) is 6.15. The minimum Gasteiger partial charge on any atom is -0.494 e. The molecule has 0 spiro atoms. The van der Waals surface area contributed by atoms with E-state index in [-0.39, 0.29) is 5.82 Å². The third kappa shape index (κ3) is 5.18. The highest BCUT2D eigenvalue weighted by Gasteiger charge is 2.29. The van der Waals surface area contributed by atoms with Crippen LogP contribution in [0.2, 0.25) is 5.02 Å². The Bertz CT molecular complexity index is 1320. The molecule has 2 saturated heterocycles. The zero-order valence-electron chi connectivity index (χ0n) is 22.7. The molecule has 39 heavy (non-hydrogen) atoms. The van der Waals surface area contributed by atoms with E-state index in [1.54, 1.807) is 13.3 Å². The Balaban J connectivity index is 1.30. The standard InChI is InChI=1S/C29H37ClN8O/c1-35-14-16-37(17-15-35)21-9-12-36(13-10-21)22-6-7-24(26(18-22)39-2)38(29-33-19-23(30)28(31)34-29)25-5-3-4-20-8-11-32-27(20)25/h3-7,18-19,21,32H,8-17H2,1-2H3,(H2,31,33,34). The Morgan fingerprint density at radius 1 is 1.05 bits per heavy atom. The van der Waals surface area contributed by atoms with Gasteiger partial charge in [-0.05, 0) is 50.1 Å². The zero-order chi connectivity index (χ0) is 26.9. The number of nitrogens with one attached hydrogen (secondary N) is 1. The largest absolute Gasteiger partial charge is 0.494 e. The molecule has 9 nitrogen and oxygen atoms in total. The van der Waals surface area contributed by atoms with Gasteiger partial charge in [0.15, 0.2) is 0 Å². The number of hydrogen-bond donors (Lipinski definition) is 2. The molecule has 3 aromatic rings. The molecule has 6 rings (SSSR count). The number of likely N-dealkylation sites (N-methyl/N-ethyl adjacent to an activating group) is 1. The SMILES string of the molecule is COc1cc(N2CCC(N3CCN(C)CC3)CC2)ccc1N(c1ncc(Cl)c(N)n1)c1cccc2c1NCC2. The molecule has 0 amide bonds. The van der Waals surface area contributed by atoms with Gasteiger partial charge >= 0.3 is 0 Å². The minimum atomic E-state index is 0.242. The fraction of sp³-hybridized carbons (Fsp3) is 0.448. The molecule has 0 atom stereocenters. The summed E-state index contributed by atoms with van der Waals surface area (Å²) in [6.07, 6.45) is 4.88. The molecule has 4 heterocycles. The molecule has 0 aliphatic carbocycles. The highest BCUT2D eigenvalue weighted by Crippen LogP contribution is 2.45. The van der Waals surface area contributed by atoms with Gasteiger partial charge in [-0.3, -0.25) is 9.80 Å². The molecule has 1 aromatic heterocycles. The van der Waals surface area contributed by atoms with Gasteiger partial charge in [0.05, 0.1) is 30.4 Å². The predicted molar refractivity (Wildman–Crippen MR) is 159 cm³/mol. The van der Waals surface area contributed by atoms with Crippen LogP contribution in [0.5, 0.6) is 5.75 Å². The highest BCUT2D eigenvalue weighted by atomic mass is 35.5. The highest BCUT2D eigenvalue weighted by molar-refractivity contribution is 6.32. The van der Waals surface area contributed by atoms with Gasteiger partial charge in [-0.1, -0.05) is 23.7 Å². The van der Waals surface area contributed by atoms with E-state index < -0.39 is 0 Å². The molecule has 0 saturated carbocycles. The van der Waals surface area contributed by atoms with E-state index in [2.05, 4.69) is 73.4 Å². The second-order valence-electron chi connectivity index (χ2n) is 10.6. The summed E-state index contributed by atoms with van der Waals surface area (Å²) in [6, 6.07) is 13.4. The Hall–Kier alpha value is -3.27. The third-order valence-electron chi connectivity index (χ3n) is 8.31. The number of benzene rings is 2. The number of nitrogens with zero attached hydrogens (tertiary/aromatic N) is 6. The number of fused-ring (bicyclic) bond motifs is 1. The lowest BCUT2D eigenvalue weighted by Gasteiger charge is -2.42.